The summed E-state index contributed by atoms with van der Waals surface area (Å²) in [6, 6.07) is 34.9. The first-order valence-corrected chi connectivity index (χ1v) is 19.1. The number of carboxylic acid groups (broad SMARTS) is 2. The predicted octanol–water partition coefficient (Wildman–Crippen LogP) is 9.33. The van der Waals surface area contributed by atoms with E-state index >= 15 is 0 Å². The number of carboxylic acids is 2. The largest absolute Gasteiger partial charge is 0.478 e. The van der Waals surface area contributed by atoms with Crippen LogP contribution in [-0.4, -0.2) is 64.9 Å². The highest BCUT2D eigenvalue weighted by Crippen LogP contribution is 2.29. The maximum absolute atomic E-state index is 11.5. The zero-order valence-corrected chi connectivity index (χ0v) is 33.7. The number of fused-ring (bicyclic) bond motifs is 2. The van der Waals surface area contributed by atoms with Crippen molar-refractivity contribution in [1.29, 1.82) is 0 Å². The maximum Gasteiger partial charge on any atom is 0.336 e. The molecule has 0 unspecified atom stereocenters. The second kappa shape index (κ2) is 17.0. The zero-order chi connectivity index (χ0) is 41.8. The van der Waals surface area contributed by atoms with E-state index in [9.17, 15) is 19.8 Å². The maximum atomic E-state index is 11.5. The Morgan fingerprint density at radius 1 is 0.576 bits per heavy atom. The summed E-state index contributed by atoms with van der Waals surface area (Å²) in [6.45, 7) is 11.5. The molecular weight excluding hydrogens is 745 g/mol. The number of ether oxygens (including phenoxy) is 2. The Kier molecular flexibility index (Phi) is 11.5. The molecule has 0 atom stereocenters. The van der Waals surface area contributed by atoms with E-state index in [0.717, 1.165) is 67.1 Å². The second-order valence-electron chi connectivity index (χ2n) is 14.2. The third kappa shape index (κ3) is 8.38. The fraction of sp³-hybridized carbons (Fsp3) is 0.191. The molecule has 4 heterocycles. The molecule has 298 valence electrons. The van der Waals surface area contributed by atoms with Crippen LogP contribution in [0.5, 0.6) is 12.0 Å². The number of benzene rings is 4. The summed E-state index contributed by atoms with van der Waals surface area (Å²) in [5.74, 6) is -1.87. The van der Waals surface area contributed by atoms with Gasteiger partial charge in [-0.3, -0.25) is 9.13 Å². The molecule has 0 amide bonds. The van der Waals surface area contributed by atoms with Gasteiger partial charge < -0.3 is 19.7 Å². The van der Waals surface area contributed by atoms with Gasteiger partial charge in [-0.1, -0.05) is 84.9 Å². The lowest BCUT2D eigenvalue weighted by Gasteiger charge is -2.11. The van der Waals surface area contributed by atoms with E-state index in [2.05, 4.69) is 19.9 Å². The monoisotopic (exact) mass is 788 g/mol. The standard InChI is InChI=1S/C24H23N3O3.C23H21N3O3/c1-4-30-24-26-21-15(2)13-16(3)25-22(21)27(24)14-17-9-11-18(12-10-17)19-7-5-6-8-20(19)23(28)29;1-14-12-15(2)24-21-20(14)25-23(29-3)26(21)13-16-8-10-17(11-9-16)18-6-4-5-7-19(18)22(27)28/h5-13H,4,14H2,1-3H3,(H,28,29);4-12H,13H2,1-3H3,(H,27,28). The number of hydrogen-bond acceptors (Lipinski definition) is 8. The Bertz CT molecular complexity index is 2820. The Balaban J connectivity index is 0.000000179. The third-order valence-electron chi connectivity index (χ3n) is 9.96. The van der Waals surface area contributed by atoms with E-state index in [1.165, 1.54) is 0 Å². The smallest absolute Gasteiger partial charge is 0.336 e. The van der Waals surface area contributed by atoms with Crippen molar-refractivity contribution in [3.63, 3.8) is 0 Å². The number of pyridine rings is 2. The van der Waals surface area contributed by atoms with Crippen molar-refractivity contribution in [3.05, 3.63) is 154 Å². The molecule has 0 bridgehead atoms. The van der Waals surface area contributed by atoms with Crippen molar-refractivity contribution in [1.82, 2.24) is 29.1 Å². The van der Waals surface area contributed by atoms with Gasteiger partial charge in [0.2, 0.25) is 0 Å². The van der Waals surface area contributed by atoms with Crippen LogP contribution in [0.15, 0.2) is 109 Å². The van der Waals surface area contributed by atoms with Crippen molar-refractivity contribution in [2.24, 2.45) is 0 Å². The van der Waals surface area contributed by atoms with Crippen LogP contribution in [0.1, 0.15) is 61.3 Å². The van der Waals surface area contributed by atoms with Gasteiger partial charge in [0.05, 0.1) is 37.9 Å². The molecule has 2 N–H and O–H groups in total. The van der Waals surface area contributed by atoms with Crippen LogP contribution in [-0.2, 0) is 13.1 Å². The first-order valence-electron chi connectivity index (χ1n) is 19.1. The number of methoxy groups -OCH3 is 1. The first kappa shape index (κ1) is 39.9. The van der Waals surface area contributed by atoms with E-state index in [1.54, 1.807) is 31.4 Å². The molecule has 4 aromatic heterocycles. The molecule has 8 rings (SSSR count). The number of aromatic carboxylic acids is 2. The van der Waals surface area contributed by atoms with Gasteiger partial charge in [0.15, 0.2) is 11.3 Å². The van der Waals surface area contributed by atoms with Gasteiger partial charge in [-0.2, -0.15) is 9.97 Å². The van der Waals surface area contributed by atoms with Crippen molar-refractivity contribution in [3.8, 4) is 34.3 Å². The fourth-order valence-electron chi connectivity index (χ4n) is 7.23. The molecule has 0 saturated carbocycles. The SMILES string of the molecule is CCOc1nc2c(C)cc(C)nc2n1Cc1ccc(-c2ccccc2C(=O)O)cc1.COc1nc2c(C)cc(C)nc2n1Cc1ccc(-c2ccccc2C(=O)O)cc1. The summed E-state index contributed by atoms with van der Waals surface area (Å²) in [5.41, 5.74) is 13.1. The highest BCUT2D eigenvalue weighted by molar-refractivity contribution is 5.96. The molecule has 0 aliphatic carbocycles. The van der Waals surface area contributed by atoms with Crippen LogP contribution in [0.25, 0.3) is 44.6 Å². The lowest BCUT2D eigenvalue weighted by molar-refractivity contribution is 0.0687. The Hall–Kier alpha value is -7.34. The van der Waals surface area contributed by atoms with Gasteiger partial charge in [0.25, 0.3) is 12.0 Å². The predicted molar refractivity (Wildman–Crippen MR) is 228 cm³/mol. The lowest BCUT2D eigenvalue weighted by atomic mass is 9.99. The number of aryl methyl sites for hydroxylation is 4. The average Bonchev–Trinajstić information content (AvgIpc) is 3.76. The molecule has 12 nitrogen and oxygen atoms in total. The number of nitrogens with zero attached hydrogens (tertiary/aromatic N) is 6. The van der Waals surface area contributed by atoms with Gasteiger partial charge in [-0.05, 0) is 103 Å². The van der Waals surface area contributed by atoms with Crippen LogP contribution in [0, 0.1) is 27.7 Å². The summed E-state index contributed by atoms with van der Waals surface area (Å²) in [4.78, 5) is 41.6. The van der Waals surface area contributed by atoms with Crippen molar-refractivity contribution < 1.29 is 29.3 Å². The Morgan fingerprint density at radius 2 is 0.983 bits per heavy atom. The van der Waals surface area contributed by atoms with Gasteiger partial charge in [-0.15, -0.1) is 0 Å². The fourth-order valence-corrected chi connectivity index (χ4v) is 7.23. The van der Waals surface area contributed by atoms with Crippen LogP contribution < -0.4 is 9.47 Å². The molecule has 0 aliphatic heterocycles. The Labute approximate surface area is 341 Å². The molecule has 8 aromatic rings. The summed E-state index contributed by atoms with van der Waals surface area (Å²) in [6.07, 6.45) is 0. The number of imidazole rings is 2. The molecule has 59 heavy (non-hydrogen) atoms. The third-order valence-corrected chi connectivity index (χ3v) is 9.96. The zero-order valence-electron chi connectivity index (χ0n) is 33.7. The number of aromatic nitrogens is 6. The molecular formula is C47H44N6O6. The highest BCUT2D eigenvalue weighted by atomic mass is 16.5. The minimum atomic E-state index is -0.934. The van der Waals surface area contributed by atoms with Crippen LogP contribution in [0.2, 0.25) is 0 Å². The van der Waals surface area contributed by atoms with Crippen LogP contribution in [0.3, 0.4) is 0 Å². The molecule has 0 spiro atoms. The average molecular weight is 789 g/mol. The number of rotatable bonds is 11. The first-order chi connectivity index (χ1) is 28.4. The molecule has 0 fully saturated rings. The minimum absolute atomic E-state index is 0.290. The van der Waals surface area contributed by atoms with E-state index < -0.39 is 11.9 Å². The van der Waals surface area contributed by atoms with E-state index in [0.29, 0.717) is 48.4 Å². The van der Waals surface area contributed by atoms with Crippen LogP contribution in [0.4, 0.5) is 0 Å². The quantitative estimate of drug-likeness (QED) is 0.130. The minimum Gasteiger partial charge on any atom is -0.478 e. The second-order valence-corrected chi connectivity index (χ2v) is 14.2. The topological polar surface area (TPSA) is 154 Å². The molecule has 12 heteroatoms. The lowest BCUT2D eigenvalue weighted by Crippen LogP contribution is -2.06. The Morgan fingerprint density at radius 3 is 1.39 bits per heavy atom. The van der Waals surface area contributed by atoms with E-state index in [1.807, 2.05) is 129 Å². The summed E-state index contributed by atoms with van der Waals surface area (Å²) in [5, 5.41) is 18.9. The van der Waals surface area contributed by atoms with Crippen molar-refractivity contribution in [2.75, 3.05) is 13.7 Å². The van der Waals surface area contributed by atoms with E-state index in [-0.39, 0.29) is 5.56 Å². The molecule has 0 radical (unpaired) electrons. The number of hydrogen-bond donors (Lipinski definition) is 2. The van der Waals surface area contributed by atoms with E-state index in [4.69, 9.17) is 9.47 Å². The molecule has 0 aliphatic rings. The summed E-state index contributed by atoms with van der Waals surface area (Å²) in [7, 11) is 1.60. The van der Waals surface area contributed by atoms with Gasteiger partial charge in [-0.25, -0.2) is 19.6 Å². The highest BCUT2D eigenvalue weighted by Gasteiger charge is 2.18. The molecule has 0 saturated heterocycles. The summed E-state index contributed by atoms with van der Waals surface area (Å²) < 4.78 is 15.2. The van der Waals surface area contributed by atoms with Gasteiger partial charge >= 0.3 is 11.9 Å². The van der Waals surface area contributed by atoms with Crippen molar-refractivity contribution in [2.45, 2.75) is 47.7 Å². The van der Waals surface area contributed by atoms with Gasteiger partial charge in [0.1, 0.15) is 11.0 Å². The van der Waals surface area contributed by atoms with Gasteiger partial charge in [0, 0.05) is 11.4 Å². The normalized spacial score (nSPS) is 11.0. The van der Waals surface area contributed by atoms with Crippen molar-refractivity contribution >= 4 is 34.3 Å². The number of carbonyl (C=O) groups is 2. The van der Waals surface area contributed by atoms with Crippen LogP contribution >= 0.6 is 0 Å². The summed E-state index contributed by atoms with van der Waals surface area (Å²) >= 11 is 0. The molecule has 4 aromatic carbocycles.